The number of H-pyrrole nitrogens is 1. The number of hydrogen-bond acceptors (Lipinski definition) is 8. The number of rotatable bonds is 7. The molecule has 0 saturated carbocycles. The van der Waals surface area contributed by atoms with Crippen molar-refractivity contribution in [1.82, 2.24) is 35.3 Å². The molecule has 1 unspecified atom stereocenters. The van der Waals surface area contributed by atoms with E-state index in [0.717, 1.165) is 11.8 Å². The molecule has 1 atom stereocenters. The van der Waals surface area contributed by atoms with Crippen LogP contribution in [0.4, 0.5) is 5.95 Å². The Morgan fingerprint density at radius 2 is 1.88 bits per heavy atom. The topological polar surface area (TPSA) is 138 Å². The summed E-state index contributed by atoms with van der Waals surface area (Å²) in [7, 11) is -3.35. The minimum Gasteiger partial charge on any atom is -0.346 e. The van der Waals surface area contributed by atoms with Crippen molar-refractivity contribution in [1.29, 1.82) is 0 Å². The van der Waals surface area contributed by atoms with Gasteiger partial charge in [-0.2, -0.15) is 5.21 Å². The third kappa shape index (κ3) is 4.94. The Bertz CT molecular complexity index is 946. The summed E-state index contributed by atoms with van der Waals surface area (Å²) >= 11 is 5.92. The Balaban J connectivity index is 1.79. The molecule has 0 bridgehead atoms. The van der Waals surface area contributed by atoms with Crippen molar-refractivity contribution < 1.29 is 8.42 Å². The maximum absolute atomic E-state index is 11.4. The molecule has 1 aromatic carbocycles. The maximum Gasteiger partial charge on any atom is 0.223 e. The van der Waals surface area contributed by atoms with Crippen LogP contribution in [0.2, 0.25) is 5.02 Å². The van der Waals surface area contributed by atoms with E-state index in [-0.39, 0.29) is 6.54 Å². The van der Waals surface area contributed by atoms with Gasteiger partial charge in [0.25, 0.3) is 0 Å². The summed E-state index contributed by atoms with van der Waals surface area (Å²) in [4.78, 5) is 8.43. The average molecular weight is 395 g/mol. The van der Waals surface area contributed by atoms with Crippen LogP contribution in [0, 0.1) is 0 Å². The highest BCUT2D eigenvalue weighted by atomic mass is 35.5. The number of tetrazole rings is 1. The number of sulfonamides is 1. The van der Waals surface area contributed by atoms with Gasteiger partial charge in [-0.15, -0.1) is 10.2 Å². The lowest BCUT2D eigenvalue weighted by Crippen LogP contribution is -2.31. The standard InChI is InChI=1S/C14H15ClN8O2S/c1-26(24,25)18-8-12(9-2-4-11(15)5-3-9)19-14-16-6-10(7-17-14)13-20-22-23-21-13/h2-7,12,18H,8H2,1H3,(H,16,17,19)(H,20,21,22,23). The fourth-order valence-electron chi connectivity index (χ4n) is 2.14. The van der Waals surface area contributed by atoms with E-state index in [0.29, 0.717) is 22.4 Å². The molecule has 2 heterocycles. The minimum absolute atomic E-state index is 0.121. The molecule has 12 heteroatoms. The van der Waals surface area contributed by atoms with Crippen molar-refractivity contribution in [3.63, 3.8) is 0 Å². The van der Waals surface area contributed by atoms with Gasteiger partial charge >= 0.3 is 0 Å². The Morgan fingerprint density at radius 3 is 2.46 bits per heavy atom. The van der Waals surface area contributed by atoms with Crippen LogP contribution in [0.25, 0.3) is 11.4 Å². The van der Waals surface area contributed by atoms with Gasteiger partial charge in [0.1, 0.15) is 0 Å². The highest BCUT2D eigenvalue weighted by molar-refractivity contribution is 7.88. The van der Waals surface area contributed by atoms with E-state index >= 15 is 0 Å². The van der Waals surface area contributed by atoms with Crippen LogP contribution < -0.4 is 10.0 Å². The Kier molecular flexibility index (Phi) is 5.40. The first-order chi connectivity index (χ1) is 12.4. The first-order valence-corrected chi connectivity index (χ1v) is 9.70. The maximum atomic E-state index is 11.4. The van der Waals surface area contributed by atoms with Crippen molar-refractivity contribution >= 4 is 27.6 Å². The van der Waals surface area contributed by atoms with Crippen molar-refractivity contribution in [3.05, 3.63) is 47.2 Å². The van der Waals surface area contributed by atoms with Crippen LogP contribution >= 0.6 is 11.6 Å². The molecular formula is C14H15ClN8O2S. The van der Waals surface area contributed by atoms with Crippen molar-refractivity contribution in [2.24, 2.45) is 0 Å². The number of aromatic amines is 1. The van der Waals surface area contributed by atoms with Gasteiger partial charge in [-0.25, -0.2) is 23.1 Å². The van der Waals surface area contributed by atoms with Gasteiger partial charge in [0.05, 0.1) is 17.9 Å². The predicted molar refractivity (Wildman–Crippen MR) is 95.9 cm³/mol. The zero-order valence-electron chi connectivity index (χ0n) is 13.6. The van der Waals surface area contributed by atoms with E-state index in [9.17, 15) is 8.42 Å². The molecule has 136 valence electrons. The highest BCUT2D eigenvalue weighted by Crippen LogP contribution is 2.20. The van der Waals surface area contributed by atoms with Gasteiger partial charge < -0.3 is 5.32 Å². The summed E-state index contributed by atoms with van der Waals surface area (Å²) in [6, 6.07) is 6.67. The van der Waals surface area contributed by atoms with Crippen LogP contribution in [0.15, 0.2) is 36.7 Å². The summed E-state index contributed by atoms with van der Waals surface area (Å²) < 4.78 is 25.3. The minimum atomic E-state index is -3.35. The smallest absolute Gasteiger partial charge is 0.223 e. The van der Waals surface area contributed by atoms with Crippen LogP contribution in [-0.4, -0.2) is 51.8 Å². The number of benzene rings is 1. The monoisotopic (exact) mass is 394 g/mol. The van der Waals surface area contributed by atoms with Gasteiger partial charge in [-0.1, -0.05) is 23.7 Å². The third-order valence-electron chi connectivity index (χ3n) is 3.38. The van der Waals surface area contributed by atoms with Gasteiger partial charge in [0.15, 0.2) is 0 Å². The van der Waals surface area contributed by atoms with E-state index in [4.69, 9.17) is 11.6 Å². The molecule has 0 radical (unpaired) electrons. The van der Waals surface area contributed by atoms with Gasteiger partial charge in [0, 0.05) is 24.0 Å². The van der Waals surface area contributed by atoms with Gasteiger partial charge in [-0.05, 0) is 22.9 Å². The summed E-state index contributed by atoms with van der Waals surface area (Å²) in [6.07, 6.45) is 4.19. The highest BCUT2D eigenvalue weighted by Gasteiger charge is 2.15. The van der Waals surface area contributed by atoms with E-state index in [1.807, 2.05) is 0 Å². The first kappa shape index (κ1) is 18.2. The van der Waals surface area contributed by atoms with Crippen molar-refractivity contribution in [2.45, 2.75) is 6.04 Å². The van der Waals surface area contributed by atoms with Crippen LogP contribution in [-0.2, 0) is 10.0 Å². The summed E-state index contributed by atoms with van der Waals surface area (Å²) in [5.41, 5.74) is 1.43. The number of halogens is 1. The average Bonchev–Trinajstić information content (AvgIpc) is 3.14. The normalized spacial score (nSPS) is 12.7. The van der Waals surface area contributed by atoms with Crippen LogP contribution in [0.5, 0.6) is 0 Å². The molecule has 10 nitrogen and oxygen atoms in total. The Labute approximate surface area is 154 Å². The fourth-order valence-corrected chi connectivity index (χ4v) is 2.74. The zero-order chi connectivity index (χ0) is 18.6. The summed E-state index contributed by atoms with van der Waals surface area (Å²) in [5.74, 6) is 0.706. The van der Waals surface area contributed by atoms with E-state index in [2.05, 4.69) is 40.6 Å². The van der Waals surface area contributed by atoms with E-state index in [1.165, 1.54) is 0 Å². The lowest BCUT2D eigenvalue weighted by molar-refractivity contribution is 0.582. The van der Waals surface area contributed by atoms with E-state index < -0.39 is 16.1 Å². The predicted octanol–water partition coefficient (Wildman–Crippen LogP) is 1.01. The molecule has 3 rings (SSSR count). The molecule has 3 aromatic rings. The van der Waals surface area contributed by atoms with Crippen molar-refractivity contribution in [3.8, 4) is 11.4 Å². The second-order valence-electron chi connectivity index (χ2n) is 5.40. The molecule has 3 N–H and O–H groups in total. The molecular weight excluding hydrogens is 380 g/mol. The fraction of sp³-hybridized carbons (Fsp3) is 0.214. The lowest BCUT2D eigenvalue weighted by Gasteiger charge is -2.19. The SMILES string of the molecule is CS(=O)(=O)NCC(Nc1ncc(-c2nn[nH]n2)cn1)c1ccc(Cl)cc1. The van der Waals surface area contributed by atoms with Gasteiger partial charge in [-0.3, -0.25) is 0 Å². The number of nitrogens with one attached hydrogen (secondary N) is 3. The van der Waals surface area contributed by atoms with Crippen molar-refractivity contribution in [2.75, 3.05) is 18.1 Å². The first-order valence-electron chi connectivity index (χ1n) is 7.43. The number of nitrogens with zero attached hydrogens (tertiary/aromatic N) is 5. The Morgan fingerprint density at radius 1 is 1.19 bits per heavy atom. The molecule has 0 spiro atoms. The lowest BCUT2D eigenvalue weighted by atomic mass is 10.1. The number of hydrogen-bond donors (Lipinski definition) is 3. The molecule has 0 aliphatic carbocycles. The molecule has 0 aliphatic rings. The Hall–Kier alpha value is -2.63. The van der Waals surface area contributed by atoms with Crippen LogP contribution in [0.1, 0.15) is 11.6 Å². The number of anilines is 1. The zero-order valence-corrected chi connectivity index (χ0v) is 15.2. The van der Waals surface area contributed by atoms with E-state index in [1.54, 1.807) is 36.7 Å². The second kappa shape index (κ2) is 7.72. The molecule has 0 aliphatic heterocycles. The molecule has 26 heavy (non-hydrogen) atoms. The summed E-state index contributed by atoms with van der Waals surface area (Å²) in [6.45, 7) is 0.121. The quantitative estimate of drug-likeness (QED) is 0.539. The molecule has 0 amide bonds. The molecule has 0 fully saturated rings. The van der Waals surface area contributed by atoms with Gasteiger partial charge in [0.2, 0.25) is 21.8 Å². The number of aromatic nitrogens is 6. The second-order valence-corrected chi connectivity index (χ2v) is 7.67. The molecule has 0 saturated heterocycles. The molecule has 2 aromatic heterocycles. The largest absolute Gasteiger partial charge is 0.346 e. The van der Waals surface area contributed by atoms with Crippen LogP contribution in [0.3, 0.4) is 0 Å². The third-order valence-corrected chi connectivity index (χ3v) is 4.32. The summed E-state index contributed by atoms with van der Waals surface area (Å²) in [5, 5.41) is 17.2.